The number of aliphatic imine (C=N–C) groups is 1. The lowest BCUT2D eigenvalue weighted by molar-refractivity contribution is 0.245. The summed E-state index contributed by atoms with van der Waals surface area (Å²) in [6.07, 6.45) is 4.59. The highest BCUT2D eigenvalue weighted by molar-refractivity contribution is 14.0. The summed E-state index contributed by atoms with van der Waals surface area (Å²) in [4.78, 5) is 7.01. The van der Waals surface area contributed by atoms with E-state index in [1.807, 2.05) is 7.05 Å². The van der Waals surface area contributed by atoms with Crippen LogP contribution >= 0.6 is 24.0 Å². The van der Waals surface area contributed by atoms with Gasteiger partial charge in [-0.3, -0.25) is 9.89 Å². The first-order chi connectivity index (χ1) is 14.3. The van der Waals surface area contributed by atoms with Gasteiger partial charge in [0.05, 0.1) is 12.6 Å². The van der Waals surface area contributed by atoms with Crippen LogP contribution in [0.25, 0.3) is 0 Å². The van der Waals surface area contributed by atoms with Gasteiger partial charge in [0, 0.05) is 26.6 Å². The summed E-state index contributed by atoms with van der Waals surface area (Å²) in [5.41, 5.74) is 4.05. The zero-order chi connectivity index (χ0) is 19.9. The van der Waals surface area contributed by atoms with Crippen LogP contribution in [0.5, 0.6) is 5.75 Å². The second-order valence-electron chi connectivity index (χ2n) is 7.84. The highest BCUT2D eigenvalue weighted by Gasteiger charge is 2.23. The number of benzene rings is 2. The van der Waals surface area contributed by atoms with Gasteiger partial charge in [0.15, 0.2) is 5.96 Å². The summed E-state index contributed by atoms with van der Waals surface area (Å²) < 4.78 is 5.60. The minimum absolute atomic E-state index is 0. The van der Waals surface area contributed by atoms with Crippen molar-refractivity contribution in [3.05, 3.63) is 65.2 Å². The molecule has 2 aromatic carbocycles. The van der Waals surface area contributed by atoms with Gasteiger partial charge in [-0.2, -0.15) is 0 Å². The highest BCUT2D eigenvalue weighted by atomic mass is 127. The fourth-order valence-corrected chi connectivity index (χ4v) is 4.32. The van der Waals surface area contributed by atoms with Crippen LogP contribution in [-0.2, 0) is 12.8 Å². The predicted molar refractivity (Wildman–Crippen MR) is 134 cm³/mol. The van der Waals surface area contributed by atoms with E-state index < -0.39 is 0 Å². The summed E-state index contributed by atoms with van der Waals surface area (Å²) in [5.74, 6) is 1.92. The maximum absolute atomic E-state index is 5.60. The number of hydrogen-bond donors (Lipinski definition) is 2. The van der Waals surface area contributed by atoms with Crippen molar-refractivity contribution in [2.75, 3.05) is 39.8 Å². The topological polar surface area (TPSA) is 48.9 Å². The molecule has 2 aromatic rings. The van der Waals surface area contributed by atoms with E-state index in [1.165, 1.54) is 42.6 Å². The Morgan fingerprint density at radius 3 is 2.67 bits per heavy atom. The fourth-order valence-electron chi connectivity index (χ4n) is 4.32. The standard InChI is InChI=1S/C24H32N4O.HI/c1-25-24(26-13-11-19-9-10-23-21(17-19)12-16-29-23)27-18-22(28-14-5-6-15-28)20-7-3-2-4-8-20;/h2-4,7-10,17,22H,5-6,11-16,18H2,1H3,(H2,25,26,27);1H. The molecule has 2 N–H and O–H groups in total. The van der Waals surface area contributed by atoms with Gasteiger partial charge < -0.3 is 15.4 Å². The molecule has 1 atom stereocenters. The van der Waals surface area contributed by atoms with E-state index in [2.05, 4.69) is 69.1 Å². The number of rotatable bonds is 7. The molecule has 0 amide bonds. The average Bonchev–Trinajstić information content (AvgIpc) is 3.45. The second-order valence-corrected chi connectivity index (χ2v) is 7.84. The largest absolute Gasteiger partial charge is 0.493 e. The number of ether oxygens (including phenoxy) is 1. The van der Waals surface area contributed by atoms with E-state index in [-0.39, 0.29) is 24.0 Å². The minimum atomic E-state index is 0. The zero-order valence-electron chi connectivity index (χ0n) is 17.8. The lowest BCUT2D eigenvalue weighted by atomic mass is 10.1. The molecule has 2 aliphatic rings. The Kier molecular flexibility index (Phi) is 8.81. The van der Waals surface area contributed by atoms with Crippen LogP contribution in [0.3, 0.4) is 0 Å². The predicted octanol–water partition coefficient (Wildman–Crippen LogP) is 3.78. The Balaban J connectivity index is 0.00000256. The van der Waals surface area contributed by atoms with Crippen molar-refractivity contribution in [2.45, 2.75) is 31.7 Å². The van der Waals surface area contributed by atoms with Crippen LogP contribution in [0.1, 0.15) is 35.6 Å². The van der Waals surface area contributed by atoms with Gasteiger partial charge in [0.1, 0.15) is 5.75 Å². The van der Waals surface area contributed by atoms with Crippen LogP contribution < -0.4 is 15.4 Å². The highest BCUT2D eigenvalue weighted by Crippen LogP contribution is 2.26. The Labute approximate surface area is 197 Å². The molecule has 0 aliphatic carbocycles. The molecule has 162 valence electrons. The van der Waals surface area contributed by atoms with Gasteiger partial charge in [-0.1, -0.05) is 42.5 Å². The van der Waals surface area contributed by atoms with Crippen LogP contribution in [0.2, 0.25) is 0 Å². The molecule has 30 heavy (non-hydrogen) atoms. The van der Waals surface area contributed by atoms with Crippen molar-refractivity contribution in [2.24, 2.45) is 4.99 Å². The second kappa shape index (κ2) is 11.6. The van der Waals surface area contributed by atoms with E-state index in [9.17, 15) is 0 Å². The van der Waals surface area contributed by atoms with Gasteiger partial charge in [0.2, 0.25) is 0 Å². The summed E-state index contributed by atoms with van der Waals surface area (Å²) in [6.45, 7) is 4.89. The van der Waals surface area contributed by atoms with Crippen LogP contribution in [0.15, 0.2) is 53.5 Å². The number of fused-ring (bicyclic) bond motifs is 1. The van der Waals surface area contributed by atoms with Crippen LogP contribution in [0, 0.1) is 0 Å². The lowest BCUT2D eigenvalue weighted by Gasteiger charge is -2.29. The number of likely N-dealkylation sites (tertiary alicyclic amines) is 1. The van der Waals surface area contributed by atoms with Crippen molar-refractivity contribution in [3.63, 3.8) is 0 Å². The molecule has 1 saturated heterocycles. The molecular weight excluding hydrogens is 487 g/mol. The third-order valence-corrected chi connectivity index (χ3v) is 5.91. The van der Waals surface area contributed by atoms with E-state index in [0.29, 0.717) is 6.04 Å². The fraction of sp³-hybridized carbons (Fsp3) is 0.458. The number of nitrogens with zero attached hydrogens (tertiary/aromatic N) is 2. The molecule has 4 rings (SSSR count). The maximum atomic E-state index is 5.60. The third kappa shape index (κ3) is 5.88. The molecule has 5 nitrogen and oxygen atoms in total. The quantitative estimate of drug-likeness (QED) is 0.332. The monoisotopic (exact) mass is 520 g/mol. The number of halogens is 1. The van der Waals surface area contributed by atoms with Crippen molar-refractivity contribution in [1.29, 1.82) is 0 Å². The summed E-state index contributed by atoms with van der Waals surface area (Å²) in [5, 5.41) is 7.02. The SMILES string of the molecule is CN=C(NCCc1ccc2c(c1)CCO2)NCC(c1ccccc1)N1CCCC1.I. The molecule has 1 fully saturated rings. The molecule has 0 radical (unpaired) electrons. The van der Waals surface area contributed by atoms with Crippen molar-refractivity contribution in [3.8, 4) is 5.75 Å². The number of hydrogen-bond acceptors (Lipinski definition) is 3. The summed E-state index contributed by atoms with van der Waals surface area (Å²) >= 11 is 0. The van der Waals surface area contributed by atoms with Gasteiger partial charge in [-0.05, 0) is 55.1 Å². The maximum Gasteiger partial charge on any atom is 0.191 e. The first-order valence-corrected chi connectivity index (χ1v) is 10.8. The van der Waals surface area contributed by atoms with E-state index in [0.717, 1.165) is 44.2 Å². The number of guanidine groups is 1. The Morgan fingerprint density at radius 1 is 1.10 bits per heavy atom. The Morgan fingerprint density at radius 2 is 1.90 bits per heavy atom. The smallest absolute Gasteiger partial charge is 0.191 e. The lowest BCUT2D eigenvalue weighted by Crippen LogP contribution is -2.43. The summed E-state index contributed by atoms with van der Waals surface area (Å²) in [6, 6.07) is 17.8. The molecular formula is C24H33IN4O. The van der Waals surface area contributed by atoms with E-state index in [4.69, 9.17) is 4.74 Å². The van der Waals surface area contributed by atoms with Gasteiger partial charge >= 0.3 is 0 Å². The Hall–Kier alpha value is -1.80. The first-order valence-electron chi connectivity index (χ1n) is 10.8. The molecule has 1 unspecified atom stereocenters. The van der Waals surface area contributed by atoms with Crippen molar-refractivity contribution < 1.29 is 4.74 Å². The van der Waals surface area contributed by atoms with Crippen molar-refractivity contribution >= 4 is 29.9 Å². The Bertz CT molecular complexity index is 821. The average molecular weight is 520 g/mol. The minimum Gasteiger partial charge on any atom is -0.493 e. The zero-order valence-corrected chi connectivity index (χ0v) is 20.1. The van der Waals surface area contributed by atoms with Crippen molar-refractivity contribution in [1.82, 2.24) is 15.5 Å². The molecule has 6 heteroatoms. The van der Waals surface area contributed by atoms with Crippen LogP contribution in [-0.4, -0.2) is 50.7 Å². The van der Waals surface area contributed by atoms with Crippen LogP contribution in [0.4, 0.5) is 0 Å². The molecule has 0 saturated carbocycles. The summed E-state index contributed by atoms with van der Waals surface area (Å²) in [7, 11) is 1.84. The normalized spacial score (nSPS) is 17.0. The van der Waals surface area contributed by atoms with Gasteiger partial charge in [-0.25, -0.2) is 0 Å². The molecule has 2 aliphatic heterocycles. The van der Waals surface area contributed by atoms with E-state index in [1.54, 1.807) is 0 Å². The third-order valence-electron chi connectivity index (χ3n) is 5.91. The van der Waals surface area contributed by atoms with Gasteiger partial charge in [-0.15, -0.1) is 24.0 Å². The molecule has 0 aromatic heterocycles. The molecule has 0 spiro atoms. The van der Waals surface area contributed by atoms with Gasteiger partial charge in [0.25, 0.3) is 0 Å². The van der Waals surface area contributed by atoms with E-state index >= 15 is 0 Å². The number of nitrogens with one attached hydrogen (secondary N) is 2. The molecule has 2 heterocycles. The first kappa shape index (κ1) is 22.9. The molecule has 0 bridgehead atoms.